The summed E-state index contributed by atoms with van der Waals surface area (Å²) < 4.78 is 11.9. The molecule has 0 amide bonds. The van der Waals surface area contributed by atoms with Gasteiger partial charge in [0.1, 0.15) is 11.3 Å². The lowest BCUT2D eigenvalue weighted by Gasteiger charge is -2.32. The lowest BCUT2D eigenvalue weighted by atomic mass is 9.81. The maximum Gasteiger partial charge on any atom is 0.518 e. The van der Waals surface area contributed by atoms with Gasteiger partial charge in [0.25, 0.3) is 0 Å². The minimum Gasteiger partial charge on any atom is -0.507 e. The summed E-state index contributed by atoms with van der Waals surface area (Å²) in [6.07, 6.45) is 0. The summed E-state index contributed by atoms with van der Waals surface area (Å²) in [6.45, 7) is 14.2. The van der Waals surface area contributed by atoms with E-state index in [1.54, 1.807) is 6.07 Å². The van der Waals surface area contributed by atoms with E-state index in [1.807, 2.05) is 33.8 Å². The molecule has 0 atom stereocenters. The number of rotatable bonds is 1. The highest BCUT2D eigenvalue weighted by molar-refractivity contribution is 6.62. The average molecular weight is 277 g/mol. The van der Waals surface area contributed by atoms with Crippen molar-refractivity contribution in [2.75, 3.05) is 0 Å². The quantitative estimate of drug-likeness (QED) is 0.801. The fourth-order valence-electron chi connectivity index (χ4n) is 2.01. The number of hydrogen-bond donors (Lipinski definition) is 1. The minimum absolute atomic E-state index is 0.0912. The molecule has 0 aliphatic carbocycles. The Labute approximate surface area is 121 Å². The fraction of sp³-hybridized carbons (Fsp3) is 0.667. The molecule has 1 aromatic heterocycles. The van der Waals surface area contributed by atoms with Crippen LogP contribution in [0.25, 0.3) is 0 Å². The molecule has 0 aromatic carbocycles. The van der Waals surface area contributed by atoms with Crippen molar-refractivity contribution in [3.8, 4) is 5.75 Å². The lowest BCUT2D eigenvalue weighted by molar-refractivity contribution is 0.00578. The summed E-state index contributed by atoms with van der Waals surface area (Å²) in [5, 5.41) is 10.1. The van der Waals surface area contributed by atoms with Crippen molar-refractivity contribution >= 4 is 12.7 Å². The summed E-state index contributed by atoms with van der Waals surface area (Å²) in [5.74, 6) is 0.108. The van der Waals surface area contributed by atoms with Crippen LogP contribution < -0.4 is 5.59 Å². The molecule has 1 fully saturated rings. The average Bonchev–Trinajstić information content (AvgIpc) is 2.46. The summed E-state index contributed by atoms with van der Waals surface area (Å²) >= 11 is 0. The van der Waals surface area contributed by atoms with Crippen molar-refractivity contribution in [3.63, 3.8) is 0 Å². The molecule has 4 nitrogen and oxygen atoms in total. The van der Waals surface area contributed by atoms with Gasteiger partial charge >= 0.3 is 7.12 Å². The van der Waals surface area contributed by atoms with Crippen molar-refractivity contribution < 1.29 is 14.4 Å². The lowest BCUT2D eigenvalue weighted by Crippen LogP contribution is -2.41. The normalized spacial score (nSPS) is 21.2. The van der Waals surface area contributed by atoms with Crippen molar-refractivity contribution in [1.29, 1.82) is 0 Å². The van der Waals surface area contributed by atoms with Crippen LogP contribution >= 0.6 is 0 Å². The number of pyridine rings is 1. The predicted molar refractivity (Wildman–Crippen MR) is 80.3 cm³/mol. The van der Waals surface area contributed by atoms with Crippen molar-refractivity contribution in [1.82, 2.24) is 4.98 Å². The second-order valence-electron chi connectivity index (χ2n) is 7.44. The minimum atomic E-state index is -0.637. The van der Waals surface area contributed by atoms with Gasteiger partial charge in [-0.15, -0.1) is 0 Å². The van der Waals surface area contributed by atoms with E-state index in [1.165, 1.54) is 0 Å². The topological polar surface area (TPSA) is 51.6 Å². The Balaban J connectivity index is 2.40. The first-order valence-electron chi connectivity index (χ1n) is 7.00. The van der Waals surface area contributed by atoms with Crippen LogP contribution in [0.2, 0.25) is 0 Å². The Hall–Kier alpha value is -1.07. The van der Waals surface area contributed by atoms with Gasteiger partial charge in [-0.2, -0.15) is 0 Å². The molecule has 1 aromatic rings. The molecule has 1 N–H and O–H groups in total. The van der Waals surface area contributed by atoms with E-state index in [9.17, 15) is 5.11 Å². The van der Waals surface area contributed by atoms with Gasteiger partial charge in [0.2, 0.25) is 0 Å². The molecule has 0 spiro atoms. The van der Waals surface area contributed by atoms with Gasteiger partial charge in [0.15, 0.2) is 0 Å². The summed E-state index contributed by atoms with van der Waals surface area (Å²) in [5.41, 5.74) is 0.384. The number of aromatic nitrogens is 1. The smallest absolute Gasteiger partial charge is 0.507 e. The van der Waals surface area contributed by atoms with Crippen molar-refractivity contribution in [3.05, 3.63) is 17.8 Å². The Morgan fingerprint density at radius 3 is 2.00 bits per heavy atom. The van der Waals surface area contributed by atoms with Gasteiger partial charge in [-0.05, 0) is 39.8 Å². The van der Waals surface area contributed by atoms with Gasteiger partial charge in [-0.1, -0.05) is 20.8 Å². The van der Waals surface area contributed by atoms with Crippen LogP contribution in [-0.4, -0.2) is 28.4 Å². The second kappa shape index (κ2) is 4.47. The Bertz CT molecular complexity index is 504. The van der Waals surface area contributed by atoms with Crippen LogP contribution in [0, 0.1) is 0 Å². The number of aromatic hydroxyl groups is 1. The maximum absolute atomic E-state index is 10.1. The molecule has 1 aliphatic rings. The van der Waals surface area contributed by atoms with Crippen molar-refractivity contribution in [2.24, 2.45) is 0 Å². The molecule has 1 saturated heterocycles. The third kappa shape index (κ3) is 2.57. The highest BCUT2D eigenvalue weighted by atomic mass is 16.7. The van der Waals surface area contributed by atoms with E-state index < -0.39 is 18.3 Å². The maximum atomic E-state index is 10.1. The molecule has 0 saturated carbocycles. The van der Waals surface area contributed by atoms with E-state index in [0.29, 0.717) is 5.59 Å². The van der Waals surface area contributed by atoms with Gasteiger partial charge in [0, 0.05) is 11.1 Å². The third-order valence-corrected chi connectivity index (χ3v) is 4.15. The first kappa shape index (κ1) is 15.3. The van der Waals surface area contributed by atoms with Crippen LogP contribution in [-0.2, 0) is 14.7 Å². The summed E-state index contributed by atoms with van der Waals surface area (Å²) in [7, 11) is -0.637. The zero-order chi connectivity index (χ0) is 15.3. The molecule has 0 bridgehead atoms. The van der Waals surface area contributed by atoms with Crippen LogP contribution in [0.3, 0.4) is 0 Å². The molecule has 2 rings (SSSR count). The molecule has 20 heavy (non-hydrogen) atoms. The number of nitrogens with zero attached hydrogens (tertiary/aromatic N) is 1. The van der Waals surface area contributed by atoms with E-state index in [0.717, 1.165) is 5.69 Å². The molecule has 0 radical (unpaired) electrons. The van der Waals surface area contributed by atoms with E-state index in [-0.39, 0.29) is 11.2 Å². The fourth-order valence-corrected chi connectivity index (χ4v) is 2.01. The third-order valence-electron chi connectivity index (χ3n) is 4.15. The van der Waals surface area contributed by atoms with Gasteiger partial charge in [-0.25, -0.2) is 0 Å². The summed E-state index contributed by atoms with van der Waals surface area (Å²) in [4.78, 5) is 4.56. The van der Waals surface area contributed by atoms with Gasteiger partial charge < -0.3 is 14.4 Å². The van der Waals surface area contributed by atoms with Crippen molar-refractivity contribution in [2.45, 2.75) is 65.1 Å². The molecule has 0 unspecified atom stereocenters. The highest BCUT2D eigenvalue weighted by Crippen LogP contribution is 2.37. The zero-order valence-electron chi connectivity index (χ0n) is 13.4. The SMILES string of the molecule is CC(C)(C)c1ccc(O)c(B2OC(C)(C)C(C)(C)O2)n1. The summed E-state index contributed by atoms with van der Waals surface area (Å²) in [6, 6.07) is 3.50. The van der Waals surface area contributed by atoms with Gasteiger partial charge in [0.05, 0.1) is 11.2 Å². The van der Waals surface area contributed by atoms with Crippen LogP contribution in [0.1, 0.15) is 54.2 Å². The number of hydrogen-bond acceptors (Lipinski definition) is 4. The predicted octanol–water partition coefficient (Wildman–Crippen LogP) is 2.38. The Morgan fingerprint density at radius 2 is 1.55 bits per heavy atom. The van der Waals surface area contributed by atoms with E-state index >= 15 is 0 Å². The first-order chi connectivity index (χ1) is 8.94. The first-order valence-corrected chi connectivity index (χ1v) is 7.00. The molecule has 5 heteroatoms. The molecule has 110 valence electrons. The zero-order valence-corrected chi connectivity index (χ0v) is 13.4. The highest BCUT2D eigenvalue weighted by Gasteiger charge is 2.53. The second-order valence-corrected chi connectivity index (χ2v) is 7.44. The molecular weight excluding hydrogens is 253 g/mol. The molecular formula is C15H24BNO3. The van der Waals surface area contributed by atoms with Crippen LogP contribution in [0.5, 0.6) is 5.75 Å². The molecule has 1 aliphatic heterocycles. The van der Waals surface area contributed by atoms with E-state index in [2.05, 4.69) is 25.8 Å². The van der Waals surface area contributed by atoms with Crippen LogP contribution in [0.4, 0.5) is 0 Å². The standard InChI is InChI=1S/C15H24BNO3/c1-13(2,3)11-9-8-10(18)12(17-11)16-19-14(4,5)15(6,7)20-16/h8-9,18H,1-7H3. The monoisotopic (exact) mass is 277 g/mol. The Kier molecular flexibility index (Phi) is 3.42. The largest absolute Gasteiger partial charge is 0.518 e. The van der Waals surface area contributed by atoms with E-state index in [4.69, 9.17) is 9.31 Å². The van der Waals surface area contributed by atoms with Crippen LogP contribution in [0.15, 0.2) is 12.1 Å². The van der Waals surface area contributed by atoms with Gasteiger partial charge in [-0.3, -0.25) is 4.98 Å². The Morgan fingerprint density at radius 1 is 1.05 bits per heavy atom. The molecule has 2 heterocycles.